The Labute approximate surface area is 123 Å². The smallest absolute Gasteiger partial charge is 0.339 e. The van der Waals surface area contributed by atoms with E-state index in [4.69, 9.17) is 9.47 Å². The summed E-state index contributed by atoms with van der Waals surface area (Å²) in [6.07, 6.45) is 2.75. The number of carbonyl (C=O) groups is 1. The van der Waals surface area contributed by atoms with Crippen LogP contribution in [0.5, 0.6) is 11.5 Å². The van der Waals surface area contributed by atoms with E-state index in [0.29, 0.717) is 12.3 Å². The zero-order valence-electron chi connectivity index (χ0n) is 12.0. The van der Waals surface area contributed by atoms with Crippen LogP contribution in [0.3, 0.4) is 0 Å². The summed E-state index contributed by atoms with van der Waals surface area (Å²) in [6, 6.07) is 2.44. The lowest BCUT2D eigenvalue weighted by molar-refractivity contribution is 0.0692. The maximum absolute atomic E-state index is 12.3. The Bertz CT molecular complexity index is 646. The molecule has 2 rings (SSSR count). The molecule has 0 unspecified atom stereocenters. The van der Waals surface area contributed by atoms with E-state index in [2.05, 4.69) is 0 Å². The number of hydrogen-bond donors (Lipinski definition) is 1. The number of hydrogen-bond acceptors (Lipinski definition) is 5. The first kappa shape index (κ1) is 15.6. The zero-order valence-corrected chi connectivity index (χ0v) is 12.8. The van der Waals surface area contributed by atoms with E-state index in [1.54, 1.807) is 0 Å². The van der Waals surface area contributed by atoms with Gasteiger partial charge < -0.3 is 14.6 Å². The normalized spacial score (nSPS) is 14.8. The number of benzene rings is 1. The molecule has 0 amide bonds. The van der Waals surface area contributed by atoms with Crippen LogP contribution < -0.4 is 9.47 Å². The highest BCUT2D eigenvalue weighted by Gasteiger charge is 2.27. The van der Waals surface area contributed by atoms with Crippen molar-refractivity contribution >= 4 is 15.8 Å². The van der Waals surface area contributed by atoms with Crippen molar-refractivity contribution in [2.75, 3.05) is 20.0 Å². The molecule has 0 bridgehead atoms. The number of aromatic carboxylic acids is 1. The SMILES string of the molecule is COc1cc(S(=O)(=O)CCC2CC2)cc(C(=O)O)c1OC. The number of methoxy groups -OCH3 is 2. The highest BCUT2D eigenvalue weighted by Crippen LogP contribution is 2.36. The van der Waals surface area contributed by atoms with Crippen LogP contribution in [0, 0.1) is 5.92 Å². The van der Waals surface area contributed by atoms with Gasteiger partial charge in [-0.3, -0.25) is 0 Å². The van der Waals surface area contributed by atoms with E-state index in [0.717, 1.165) is 18.9 Å². The third kappa shape index (κ3) is 3.47. The molecule has 0 radical (unpaired) electrons. The van der Waals surface area contributed by atoms with Gasteiger partial charge >= 0.3 is 5.97 Å². The van der Waals surface area contributed by atoms with Crippen molar-refractivity contribution in [3.63, 3.8) is 0 Å². The molecule has 116 valence electrons. The van der Waals surface area contributed by atoms with Gasteiger partial charge in [0.05, 0.1) is 24.9 Å². The molecule has 0 heterocycles. The summed E-state index contributed by atoms with van der Waals surface area (Å²) in [5.41, 5.74) is -0.221. The second-order valence-corrected chi connectivity index (χ2v) is 7.17. The van der Waals surface area contributed by atoms with E-state index in [-0.39, 0.29) is 27.7 Å². The quantitative estimate of drug-likeness (QED) is 0.827. The van der Waals surface area contributed by atoms with Gasteiger partial charge in [-0.25, -0.2) is 13.2 Å². The number of carboxylic acid groups (broad SMARTS) is 1. The molecule has 1 aromatic rings. The first-order valence-electron chi connectivity index (χ1n) is 6.61. The van der Waals surface area contributed by atoms with Crippen molar-refractivity contribution in [1.29, 1.82) is 0 Å². The Balaban J connectivity index is 2.42. The van der Waals surface area contributed by atoms with Crippen LogP contribution in [0.2, 0.25) is 0 Å². The molecule has 0 spiro atoms. The van der Waals surface area contributed by atoms with Gasteiger partial charge in [-0.15, -0.1) is 0 Å². The van der Waals surface area contributed by atoms with Gasteiger partial charge in [0.2, 0.25) is 0 Å². The van der Waals surface area contributed by atoms with Crippen LogP contribution in [-0.2, 0) is 9.84 Å². The Morgan fingerprint density at radius 1 is 1.29 bits per heavy atom. The van der Waals surface area contributed by atoms with Crippen molar-refractivity contribution in [2.45, 2.75) is 24.2 Å². The molecule has 0 atom stereocenters. The summed E-state index contributed by atoms with van der Waals surface area (Å²) in [5.74, 6) is -0.636. The molecular formula is C14H18O6S. The van der Waals surface area contributed by atoms with Crippen LogP contribution in [0.25, 0.3) is 0 Å². The fourth-order valence-corrected chi connectivity index (χ4v) is 3.59. The van der Waals surface area contributed by atoms with Crippen molar-refractivity contribution in [1.82, 2.24) is 0 Å². The molecular weight excluding hydrogens is 296 g/mol. The first-order chi connectivity index (χ1) is 9.89. The maximum Gasteiger partial charge on any atom is 0.339 e. The Morgan fingerprint density at radius 3 is 2.43 bits per heavy atom. The molecule has 7 heteroatoms. The van der Waals surface area contributed by atoms with Gasteiger partial charge in [-0.05, 0) is 18.4 Å². The van der Waals surface area contributed by atoms with Crippen LogP contribution in [0.1, 0.15) is 29.6 Å². The molecule has 0 aliphatic heterocycles. The summed E-state index contributed by atoms with van der Waals surface area (Å²) < 4.78 is 34.7. The molecule has 0 aromatic heterocycles. The highest BCUT2D eigenvalue weighted by atomic mass is 32.2. The van der Waals surface area contributed by atoms with E-state index in [1.807, 2.05) is 0 Å². The van der Waals surface area contributed by atoms with Gasteiger partial charge in [0.1, 0.15) is 5.56 Å². The van der Waals surface area contributed by atoms with E-state index in [1.165, 1.54) is 20.3 Å². The minimum Gasteiger partial charge on any atom is -0.493 e. The Morgan fingerprint density at radius 2 is 1.95 bits per heavy atom. The molecule has 1 aromatic carbocycles. The van der Waals surface area contributed by atoms with Gasteiger partial charge in [-0.1, -0.05) is 12.8 Å². The van der Waals surface area contributed by atoms with Gasteiger partial charge in [0.15, 0.2) is 21.3 Å². The third-order valence-corrected chi connectivity index (χ3v) is 5.26. The summed E-state index contributed by atoms with van der Waals surface area (Å²) in [4.78, 5) is 11.2. The standard InChI is InChI=1S/C14H18O6S/c1-19-12-8-10(7-11(14(15)16)13(12)20-2)21(17,18)6-5-9-3-4-9/h7-9H,3-6H2,1-2H3,(H,15,16). The molecule has 1 N–H and O–H groups in total. The lowest BCUT2D eigenvalue weighted by Crippen LogP contribution is -2.11. The maximum atomic E-state index is 12.3. The first-order valence-corrected chi connectivity index (χ1v) is 8.26. The summed E-state index contributed by atoms with van der Waals surface area (Å²) >= 11 is 0. The highest BCUT2D eigenvalue weighted by molar-refractivity contribution is 7.91. The fraction of sp³-hybridized carbons (Fsp3) is 0.500. The number of carboxylic acids is 1. The predicted octanol–water partition coefficient (Wildman–Crippen LogP) is 1.98. The fourth-order valence-electron chi connectivity index (χ4n) is 2.12. The molecule has 1 saturated carbocycles. The lowest BCUT2D eigenvalue weighted by atomic mass is 10.2. The van der Waals surface area contributed by atoms with Crippen molar-refractivity contribution in [2.24, 2.45) is 5.92 Å². The third-order valence-electron chi connectivity index (χ3n) is 3.53. The Kier molecular flexibility index (Phi) is 4.41. The second-order valence-electron chi connectivity index (χ2n) is 5.06. The van der Waals surface area contributed by atoms with E-state index >= 15 is 0 Å². The van der Waals surface area contributed by atoms with Crippen LogP contribution >= 0.6 is 0 Å². The van der Waals surface area contributed by atoms with Gasteiger partial charge in [0.25, 0.3) is 0 Å². The number of sulfone groups is 1. The van der Waals surface area contributed by atoms with Gasteiger partial charge in [0, 0.05) is 6.07 Å². The molecule has 1 aliphatic rings. The zero-order chi connectivity index (χ0) is 15.6. The van der Waals surface area contributed by atoms with E-state index < -0.39 is 15.8 Å². The second kappa shape index (κ2) is 5.93. The van der Waals surface area contributed by atoms with Crippen molar-refractivity contribution in [3.8, 4) is 11.5 Å². The van der Waals surface area contributed by atoms with Crippen molar-refractivity contribution in [3.05, 3.63) is 17.7 Å². The molecule has 21 heavy (non-hydrogen) atoms. The number of rotatable bonds is 7. The van der Waals surface area contributed by atoms with Crippen LogP contribution in [-0.4, -0.2) is 39.5 Å². The average Bonchev–Trinajstić information content (AvgIpc) is 3.27. The van der Waals surface area contributed by atoms with Crippen molar-refractivity contribution < 1.29 is 27.8 Å². The summed E-state index contributed by atoms with van der Waals surface area (Å²) in [7, 11) is -0.879. The van der Waals surface area contributed by atoms with E-state index in [9.17, 15) is 18.3 Å². The van der Waals surface area contributed by atoms with Gasteiger partial charge in [-0.2, -0.15) is 0 Å². The number of ether oxygens (including phenoxy) is 2. The lowest BCUT2D eigenvalue weighted by Gasteiger charge is -2.13. The topological polar surface area (TPSA) is 89.9 Å². The van der Waals surface area contributed by atoms with Crippen LogP contribution in [0.4, 0.5) is 0 Å². The molecule has 0 saturated heterocycles. The summed E-state index contributed by atoms with van der Waals surface area (Å²) in [6.45, 7) is 0. The monoisotopic (exact) mass is 314 g/mol. The summed E-state index contributed by atoms with van der Waals surface area (Å²) in [5, 5.41) is 9.20. The largest absolute Gasteiger partial charge is 0.493 e. The molecule has 1 aliphatic carbocycles. The minimum atomic E-state index is -3.53. The molecule has 1 fully saturated rings. The molecule has 6 nitrogen and oxygen atoms in total. The minimum absolute atomic E-state index is 0.0196. The van der Waals surface area contributed by atoms with Crippen LogP contribution in [0.15, 0.2) is 17.0 Å². The predicted molar refractivity (Wildman–Crippen MR) is 75.9 cm³/mol. The average molecular weight is 314 g/mol. The Hall–Kier alpha value is -1.76.